The van der Waals surface area contributed by atoms with E-state index in [1.807, 2.05) is 0 Å². The van der Waals surface area contributed by atoms with Gasteiger partial charge in [-0.25, -0.2) is 8.42 Å². The van der Waals surface area contributed by atoms with Gasteiger partial charge in [-0.2, -0.15) is 5.10 Å². The molecule has 2 heterocycles. The first kappa shape index (κ1) is 15.0. The Morgan fingerprint density at radius 2 is 2.14 bits per heavy atom. The van der Waals surface area contributed by atoms with E-state index in [2.05, 4.69) is 14.8 Å². The highest BCUT2D eigenvalue weighted by Gasteiger charge is 2.25. The van der Waals surface area contributed by atoms with Gasteiger partial charge in [0.25, 0.3) is 10.0 Å². The molecule has 2 aromatic rings. The monoisotopic (exact) mass is 310 g/mol. The van der Waals surface area contributed by atoms with Crippen molar-refractivity contribution in [3.63, 3.8) is 0 Å². The average molecular weight is 310 g/mol. The molecule has 0 bridgehead atoms. The predicted octanol–water partition coefficient (Wildman–Crippen LogP) is 0.780. The average Bonchev–Trinajstić information content (AvgIpc) is 2.64. The van der Waals surface area contributed by atoms with Gasteiger partial charge in [0.1, 0.15) is 11.4 Å². The number of hydrogen-bond acceptors (Lipinski definition) is 5. The van der Waals surface area contributed by atoms with Gasteiger partial charge in [0.15, 0.2) is 0 Å². The van der Waals surface area contributed by atoms with Gasteiger partial charge in [0, 0.05) is 6.20 Å². The standard InChI is InChI=1S/C12H14N4O4S/c1-8-12(9(2)16(14-8)7-11(17)18)21(19,20)15-10-4-3-5-13-6-10/h3-6,15H,7H2,1-2H3,(H,17,18). The molecule has 2 aromatic heterocycles. The summed E-state index contributed by atoms with van der Waals surface area (Å²) in [5, 5.41) is 12.8. The maximum Gasteiger partial charge on any atom is 0.325 e. The fourth-order valence-electron chi connectivity index (χ4n) is 1.98. The second-order valence-electron chi connectivity index (χ2n) is 4.40. The van der Waals surface area contributed by atoms with E-state index in [0.717, 1.165) is 4.68 Å². The largest absolute Gasteiger partial charge is 0.480 e. The smallest absolute Gasteiger partial charge is 0.325 e. The third kappa shape index (κ3) is 3.19. The quantitative estimate of drug-likeness (QED) is 0.843. The second-order valence-corrected chi connectivity index (χ2v) is 6.02. The minimum atomic E-state index is -3.86. The molecule has 0 unspecified atom stereocenters. The van der Waals surface area contributed by atoms with Crippen molar-refractivity contribution in [1.82, 2.24) is 14.8 Å². The number of rotatable bonds is 5. The molecular weight excluding hydrogens is 296 g/mol. The number of aromatic nitrogens is 3. The number of sulfonamides is 1. The molecule has 0 spiro atoms. The van der Waals surface area contributed by atoms with E-state index in [1.165, 1.54) is 26.2 Å². The van der Waals surface area contributed by atoms with Crippen LogP contribution in [-0.2, 0) is 21.4 Å². The van der Waals surface area contributed by atoms with Crippen LogP contribution in [0.25, 0.3) is 0 Å². The van der Waals surface area contributed by atoms with Crippen molar-refractivity contribution in [3.05, 3.63) is 35.9 Å². The molecule has 0 saturated carbocycles. The third-order valence-electron chi connectivity index (χ3n) is 2.78. The number of pyridine rings is 1. The van der Waals surface area contributed by atoms with Crippen LogP contribution in [0.2, 0.25) is 0 Å². The number of nitrogens with zero attached hydrogens (tertiary/aromatic N) is 3. The minimum absolute atomic E-state index is 0.0207. The summed E-state index contributed by atoms with van der Waals surface area (Å²) in [6.45, 7) is 2.64. The van der Waals surface area contributed by atoms with Gasteiger partial charge in [0.2, 0.25) is 0 Å². The molecule has 8 nitrogen and oxygen atoms in total. The van der Waals surface area contributed by atoms with Crippen LogP contribution in [-0.4, -0.2) is 34.3 Å². The van der Waals surface area contributed by atoms with Crippen molar-refractivity contribution in [3.8, 4) is 0 Å². The van der Waals surface area contributed by atoms with Crippen molar-refractivity contribution in [2.24, 2.45) is 0 Å². The molecule has 112 valence electrons. The van der Waals surface area contributed by atoms with Gasteiger partial charge < -0.3 is 5.11 Å². The van der Waals surface area contributed by atoms with Gasteiger partial charge in [-0.3, -0.25) is 19.2 Å². The van der Waals surface area contributed by atoms with E-state index in [0.29, 0.717) is 5.69 Å². The van der Waals surface area contributed by atoms with Crippen LogP contribution in [0.15, 0.2) is 29.4 Å². The number of anilines is 1. The number of carboxylic acid groups (broad SMARTS) is 1. The summed E-state index contributed by atoms with van der Waals surface area (Å²) in [6.07, 6.45) is 2.91. The summed E-state index contributed by atoms with van der Waals surface area (Å²) in [6, 6.07) is 3.17. The lowest BCUT2D eigenvalue weighted by atomic mass is 10.4. The molecule has 0 aliphatic carbocycles. The molecule has 21 heavy (non-hydrogen) atoms. The molecule has 0 saturated heterocycles. The topological polar surface area (TPSA) is 114 Å². The van der Waals surface area contributed by atoms with Crippen molar-refractivity contribution < 1.29 is 18.3 Å². The maximum absolute atomic E-state index is 12.4. The normalized spacial score (nSPS) is 11.3. The lowest BCUT2D eigenvalue weighted by Crippen LogP contribution is -2.16. The molecule has 0 aromatic carbocycles. The second kappa shape index (κ2) is 5.52. The van der Waals surface area contributed by atoms with Crippen LogP contribution in [0, 0.1) is 13.8 Å². The highest BCUT2D eigenvalue weighted by Crippen LogP contribution is 2.22. The van der Waals surface area contributed by atoms with Crippen LogP contribution in [0.5, 0.6) is 0 Å². The SMILES string of the molecule is Cc1nn(CC(=O)O)c(C)c1S(=O)(=O)Nc1cccnc1. The molecule has 9 heteroatoms. The van der Waals surface area contributed by atoms with E-state index in [-0.39, 0.29) is 16.3 Å². The van der Waals surface area contributed by atoms with Crippen LogP contribution in [0.3, 0.4) is 0 Å². The fraction of sp³-hybridized carbons (Fsp3) is 0.250. The summed E-state index contributed by atoms with van der Waals surface area (Å²) in [5.41, 5.74) is 0.832. The van der Waals surface area contributed by atoms with Crippen LogP contribution < -0.4 is 4.72 Å². The van der Waals surface area contributed by atoms with E-state index >= 15 is 0 Å². The lowest BCUT2D eigenvalue weighted by Gasteiger charge is -2.08. The Morgan fingerprint density at radius 1 is 1.43 bits per heavy atom. The van der Waals surface area contributed by atoms with Gasteiger partial charge in [-0.05, 0) is 26.0 Å². The number of aryl methyl sites for hydroxylation is 1. The highest BCUT2D eigenvalue weighted by molar-refractivity contribution is 7.92. The Kier molecular flexibility index (Phi) is 3.94. The Labute approximate surface area is 121 Å². The number of carboxylic acids is 1. The highest BCUT2D eigenvalue weighted by atomic mass is 32.2. The first-order valence-corrected chi connectivity index (χ1v) is 7.48. The van der Waals surface area contributed by atoms with Crippen LogP contribution >= 0.6 is 0 Å². The molecule has 0 aliphatic rings. The summed E-state index contributed by atoms with van der Waals surface area (Å²) < 4.78 is 28.3. The molecular formula is C12H14N4O4S. The minimum Gasteiger partial charge on any atom is -0.480 e. The summed E-state index contributed by atoms with van der Waals surface area (Å²) in [5.74, 6) is -1.09. The van der Waals surface area contributed by atoms with Gasteiger partial charge in [0.05, 0.1) is 23.3 Å². The molecule has 0 atom stereocenters. The summed E-state index contributed by atoms with van der Waals surface area (Å²) in [4.78, 5) is 14.6. The molecule has 0 aliphatic heterocycles. The van der Waals surface area contributed by atoms with Crippen molar-refractivity contribution >= 4 is 21.7 Å². The first-order chi connectivity index (χ1) is 9.81. The zero-order chi connectivity index (χ0) is 15.6. The first-order valence-electron chi connectivity index (χ1n) is 6.00. The Bertz CT molecular complexity index is 768. The Balaban J connectivity index is 2.41. The number of aliphatic carboxylic acids is 1. The fourth-order valence-corrected chi connectivity index (χ4v) is 3.44. The number of nitrogens with one attached hydrogen (secondary N) is 1. The molecule has 0 radical (unpaired) electrons. The molecule has 0 fully saturated rings. The van der Waals surface area contributed by atoms with Crippen LogP contribution in [0.4, 0.5) is 5.69 Å². The van der Waals surface area contributed by atoms with Gasteiger partial charge >= 0.3 is 5.97 Å². The Hall–Kier alpha value is -2.42. The van der Waals surface area contributed by atoms with E-state index in [4.69, 9.17) is 5.11 Å². The number of hydrogen-bond donors (Lipinski definition) is 2. The van der Waals surface area contributed by atoms with Gasteiger partial charge in [-0.15, -0.1) is 0 Å². The summed E-state index contributed by atoms with van der Waals surface area (Å²) in [7, 11) is -3.86. The maximum atomic E-state index is 12.4. The molecule has 0 amide bonds. The molecule has 2 N–H and O–H groups in total. The molecule has 2 rings (SSSR count). The van der Waals surface area contributed by atoms with Crippen molar-refractivity contribution in [2.45, 2.75) is 25.3 Å². The predicted molar refractivity (Wildman–Crippen MR) is 74.4 cm³/mol. The third-order valence-corrected chi connectivity index (χ3v) is 4.42. The summed E-state index contributed by atoms with van der Waals surface area (Å²) >= 11 is 0. The van der Waals surface area contributed by atoms with Gasteiger partial charge in [-0.1, -0.05) is 0 Å². The van der Waals surface area contributed by atoms with E-state index in [9.17, 15) is 13.2 Å². The van der Waals surface area contributed by atoms with Crippen molar-refractivity contribution in [1.29, 1.82) is 0 Å². The zero-order valence-corrected chi connectivity index (χ0v) is 12.3. The zero-order valence-electron chi connectivity index (χ0n) is 11.4. The lowest BCUT2D eigenvalue weighted by molar-refractivity contribution is -0.137. The Morgan fingerprint density at radius 3 is 2.71 bits per heavy atom. The van der Waals surface area contributed by atoms with Crippen molar-refractivity contribution in [2.75, 3.05) is 4.72 Å². The number of carbonyl (C=O) groups is 1. The van der Waals surface area contributed by atoms with E-state index < -0.39 is 22.5 Å². The van der Waals surface area contributed by atoms with Crippen LogP contribution in [0.1, 0.15) is 11.4 Å². The van der Waals surface area contributed by atoms with E-state index in [1.54, 1.807) is 12.1 Å².